The van der Waals surface area contributed by atoms with Crippen LogP contribution in [-0.4, -0.2) is 78.8 Å². The number of rotatable bonds is 3. The Hall–Kier alpha value is 0.926. The number of carboxylic acid groups (broad SMARTS) is 2. The van der Waals surface area contributed by atoms with E-state index in [9.17, 15) is 9.59 Å². The van der Waals surface area contributed by atoms with E-state index in [2.05, 4.69) is 12.6 Å². The maximum absolute atomic E-state index is 9.90. The Labute approximate surface area is 106 Å². The number of hydrogen-bond acceptors (Lipinski definition) is 3. The molecule has 6 heteroatoms. The third-order valence-electron chi connectivity index (χ3n) is 0.653. The third kappa shape index (κ3) is 7.04. The summed E-state index contributed by atoms with van der Waals surface area (Å²) in [6.45, 7) is 0. The third-order valence-corrected chi connectivity index (χ3v) is 1.06. The molecule has 0 saturated carbocycles. The molecule has 1 atom stereocenters. The first-order chi connectivity index (χ1) is 4.04. The summed E-state index contributed by atoms with van der Waals surface area (Å²) in [5, 5.41) is 15.0. The van der Waals surface area contributed by atoms with Gasteiger partial charge in [-0.15, -0.1) is 0 Å². The van der Waals surface area contributed by atoms with Gasteiger partial charge in [0, 0.05) is 0 Å². The molecular weight excluding hydrogens is 183 g/mol. The van der Waals surface area contributed by atoms with Crippen LogP contribution in [0.15, 0.2) is 0 Å². The van der Waals surface area contributed by atoms with Crippen LogP contribution in [0, 0.1) is 0 Å². The van der Waals surface area contributed by atoms with Crippen LogP contribution in [0.5, 0.6) is 0 Å². The first-order valence-corrected chi connectivity index (χ1v) is 2.68. The molecule has 0 aliphatic heterocycles. The van der Waals surface area contributed by atoms with Crippen molar-refractivity contribution in [2.45, 2.75) is 11.7 Å². The first-order valence-electron chi connectivity index (χ1n) is 2.16. The van der Waals surface area contributed by atoms with E-state index in [0.29, 0.717) is 0 Å². The molecule has 0 aliphatic rings. The van der Waals surface area contributed by atoms with E-state index in [-0.39, 0.29) is 51.4 Å². The summed E-state index contributed by atoms with van der Waals surface area (Å²) >= 11 is 3.48. The average molecular weight is 190 g/mol. The van der Waals surface area contributed by atoms with Crippen LogP contribution in [0.2, 0.25) is 0 Å². The quantitative estimate of drug-likeness (QED) is 0.402. The van der Waals surface area contributed by atoms with Crippen molar-refractivity contribution in [3.8, 4) is 0 Å². The van der Waals surface area contributed by atoms with E-state index in [1.807, 2.05) is 0 Å². The molecule has 0 saturated heterocycles. The van der Waals surface area contributed by atoms with Crippen molar-refractivity contribution in [3.05, 3.63) is 0 Å². The van der Waals surface area contributed by atoms with Crippen LogP contribution in [-0.2, 0) is 9.59 Å². The molecule has 0 fully saturated rings. The van der Waals surface area contributed by atoms with Crippen molar-refractivity contribution in [1.29, 1.82) is 0 Å². The van der Waals surface area contributed by atoms with Gasteiger partial charge in [-0.05, 0) is 0 Å². The summed E-state index contributed by atoms with van der Waals surface area (Å²) in [5.74, 6) is -2.36. The number of carboxylic acids is 2. The molecule has 0 aromatic carbocycles. The summed E-state index contributed by atoms with van der Waals surface area (Å²) in [5.41, 5.74) is 0. The molecular formula is C4H7KO4S. The Morgan fingerprint density at radius 1 is 1.40 bits per heavy atom. The zero-order valence-corrected chi connectivity index (χ0v) is 5.34. The molecule has 54 valence electrons. The van der Waals surface area contributed by atoms with E-state index < -0.39 is 23.6 Å². The van der Waals surface area contributed by atoms with Gasteiger partial charge in [-0.2, -0.15) is 12.6 Å². The van der Waals surface area contributed by atoms with E-state index in [4.69, 9.17) is 10.2 Å². The Bertz CT molecular complexity index is 137. The van der Waals surface area contributed by atoms with E-state index >= 15 is 0 Å². The minimum absolute atomic E-state index is 0. The summed E-state index contributed by atoms with van der Waals surface area (Å²) in [7, 11) is 0. The van der Waals surface area contributed by atoms with Gasteiger partial charge in [-0.1, -0.05) is 0 Å². The zero-order chi connectivity index (χ0) is 7.44. The Kier molecular flexibility index (Phi) is 8.95. The Balaban J connectivity index is 0. The Morgan fingerprint density at radius 3 is 1.90 bits per heavy atom. The summed E-state index contributed by atoms with van der Waals surface area (Å²) in [6, 6.07) is 0. The normalized spacial score (nSPS) is 11.3. The van der Waals surface area contributed by atoms with Crippen LogP contribution in [0.3, 0.4) is 0 Å². The van der Waals surface area contributed by atoms with Crippen molar-refractivity contribution >= 4 is 76.0 Å². The second-order valence-corrected chi connectivity index (χ2v) is 2.08. The summed E-state index contributed by atoms with van der Waals surface area (Å²) in [4.78, 5) is 19.7. The molecule has 4 nitrogen and oxygen atoms in total. The fourth-order valence-corrected chi connectivity index (χ4v) is 0.409. The van der Waals surface area contributed by atoms with Gasteiger partial charge in [0.05, 0.1) is 6.42 Å². The molecule has 0 rings (SSSR count). The van der Waals surface area contributed by atoms with Gasteiger partial charge in [-0.3, -0.25) is 9.59 Å². The van der Waals surface area contributed by atoms with Crippen LogP contribution >= 0.6 is 12.6 Å². The molecule has 0 bridgehead atoms. The van der Waals surface area contributed by atoms with Gasteiger partial charge in [0.1, 0.15) is 5.25 Å². The zero-order valence-electron chi connectivity index (χ0n) is 4.44. The summed E-state index contributed by atoms with van der Waals surface area (Å²) < 4.78 is 0. The topological polar surface area (TPSA) is 74.6 Å². The molecule has 10 heavy (non-hydrogen) atoms. The number of aliphatic carboxylic acids is 2. The van der Waals surface area contributed by atoms with E-state index in [1.54, 1.807) is 0 Å². The number of thiol groups is 1. The fraction of sp³-hybridized carbons (Fsp3) is 0.500. The minimum atomic E-state index is -1.21. The predicted molar refractivity (Wildman–Crippen MR) is 39.8 cm³/mol. The monoisotopic (exact) mass is 190 g/mol. The molecule has 2 N–H and O–H groups in total. The molecule has 0 radical (unpaired) electrons. The second kappa shape index (κ2) is 6.63. The molecule has 0 spiro atoms. The van der Waals surface area contributed by atoms with Gasteiger partial charge >= 0.3 is 63.3 Å². The predicted octanol–water partition coefficient (Wildman–Crippen LogP) is -0.804. The van der Waals surface area contributed by atoms with Gasteiger partial charge in [0.2, 0.25) is 0 Å². The molecule has 0 aliphatic carbocycles. The van der Waals surface area contributed by atoms with Crippen molar-refractivity contribution in [2.24, 2.45) is 0 Å². The van der Waals surface area contributed by atoms with Crippen LogP contribution in [0.25, 0.3) is 0 Å². The van der Waals surface area contributed by atoms with Gasteiger partial charge in [0.15, 0.2) is 0 Å². The molecule has 0 aromatic heterocycles. The average Bonchev–Trinajstić information content (AvgIpc) is 1.63. The van der Waals surface area contributed by atoms with Crippen LogP contribution in [0.1, 0.15) is 6.42 Å². The van der Waals surface area contributed by atoms with Crippen molar-refractivity contribution in [1.82, 2.24) is 0 Å². The van der Waals surface area contributed by atoms with Crippen LogP contribution < -0.4 is 0 Å². The SMILES string of the molecule is O=C(O)CC(S)C(=O)O.[KH]. The molecule has 0 aromatic rings. The Morgan fingerprint density at radius 2 is 1.80 bits per heavy atom. The fourth-order valence-electron chi connectivity index (χ4n) is 0.253. The first kappa shape index (κ1) is 13.5. The standard InChI is InChI=1S/C4H6O4S.K.H/c5-3(6)1-2(9)4(7)8;;/h2,9H,1H2,(H,5,6)(H,7,8);;. The van der Waals surface area contributed by atoms with Crippen molar-refractivity contribution < 1.29 is 19.8 Å². The summed E-state index contributed by atoms with van der Waals surface area (Å²) in [6.07, 6.45) is -0.446. The van der Waals surface area contributed by atoms with Gasteiger partial charge in [-0.25, -0.2) is 0 Å². The van der Waals surface area contributed by atoms with Crippen molar-refractivity contribution in [3.63, 3.8) is 0 Å². The van der Waals surface area contributed by atoms with E-state index in [1.165, 1.54) is 0 Å². The van der Waals surface area contributed by atoms with Gasteiger partial charge < -0.3 is 10.2 Å². The maximum atomic E-state index is 9.90. The molecule has 0 heterocycles. The molecule has 1 unspecified atom stereocenters. The van der Waals surface area contributed by atoms with E-state index in [0.717, 1.165) is 0 Å². The number of hydrogen-bond donors (Lipinski definition) is 3. The van der Waals surface area contributed by atoms with Crippen LogP contribution in [0.4, 0.5) is 0 Å². The molecule has 0 amide bonds. The van der Waals surface area contributed by atoms with Crippen molar-refractivity contribution in [2.75, 3.05) is 0 Å². The van der Waals surface area contributed by atoms with Gasteiger partial charge in [0.25, 0.3) is 0 Å². The second-order valence-electron chi connectivity index (χ2n) is 1.45. The number of carbonyl (C=O) groups is 2.